The molecule has 18 heteroatoms. The molecule has 4 aliphatic heterocycles. The molecule has 8 atom stereocenters. The average Bonchev–Trinajstić information content (AvgIpc) is 3.08. The minimum atomic E-state index is -5.28. The summed E-state index contributed by atoms with van der Waals surface area (Å²) < 4.78 is 35.9. The largest absolute Gasteiger partial charge is 0.481 e. The Morgan fingerprint density at radius 1 is 1.32 bits per heavy atom. The Labute approximate surface area is 157 Å². The summed E-state index contributed by atoms with van der Waals surface area (Å²) in [5.74, 6) is 0.509. The van der Waals surface area contributed by atoms with Crippen LogP contribution in [0.2, 0.25) is 0 Å². The van der Waals surface area contributed by atoms with Crippen molar-refractivity contribution in [3.8, 4) is 0 Å². The quantitative estimate of drug-likeness (QED) is 0.142. The lowest BCUT2D eigenvalue weighted by molar-refractivity contribution is -0.0741. The Balaban J connectivity index is 1.42. The van der Waals surface area contributed by atoms with Crippen molar-refractivity contribution in [3.05, 3.63) is 0 Å². The van der Waals surface area contributed by atoms with E-state index in [9.17, 15) is 24.2 Å². The summed E-state index contributed by atoms with van der Waals surface area (Å²) in [6.45, 7) is -0.275. The molecule has 0 radical (unpaired) electrons. The summed E-state index contributed by atoms with van der Waals surface area (Å²) >= 11 is 0. The second-order valence-corrected chi connectivity index (χ2v) is 9.45. The highest BCUT2D eigenvalue weighted by Gasteiger charge is 2.70. The topological polar surface area (TPSA) is 242 Å². The Kier molecular flexibility index (Phi) is 4.98. The van der Waals surface area contributed by atoms with Crippen molar-refractivity contribution in [2.24, 2.45) is 10.7 Å². The van der Waals surface area contributed by atoms with E-state index in [1.807, 2.05) is 0 Å². The first-order valence-corrected chi connectivity index (χ1v) is 11.1. The molecule has 28 heavy (non-hydrogen) atoms. The molecule has 0 bridgehead atoms. The van der Waals surface area contributed by atoms with Crippen molar-refractivity contribution >= 4 is 21.5 Å². The van der Waals surface area contributed by atoms with E-state index < -0.39 is 58.6 Å². The van der Waals surface area contributed by atoms with Gasteiger partial charge < -0.3 is 40.3 Å². The number of nitrogens with one attached hydrogen (secondary N) is 2. The lowest BCUT2D eigenvalue weighted by Gasteiger charge is -2.33. The van der Waals surface area contributed by atoms with E-state index in [2.05, 4.69) is 24.6 Å². The molecular formula is C10H20N6O10P2. The molecule has 1 spiro atoms. The van der Waals surface area contributed by atoms with Gasteiger partial charge in [-0.15, -0.1) is 0 Å². The van der Waals surface area contributed by atoms with Gasteiger partial charge in [0, 0.05) is 0 Å². The fourth-order valence-corrected chi connectivity index (χ4v) is 5.14. The second-order valence-electron chi connectivity index (χ2n) is 6.62. The van der Waals surface area contributed by atoms with Crippen LogP contribution in [0.15, 0.2) is 4.99 Å². The maximum Gasteiger partial charge on any atom is 0.481 e. The van der Waals surface area contributed by atoms with Crippen LogP contribution in [0.1, 0.15) is 0 Å². The summed E-state index contributed by atoms with van der Waals surface area (Å²) in [5, 5.41) is 25.3. The van der Waals surface area contributed by atoms with Crippen LogP contribution in [-0.4, -0.2) is 97.0 Å². The molecule has 0 aromatic carbocycles. The molecule has 0 aromatic rings. The van der Waals surface area contributed by atoms with Gasteiger partial charge in [-0.25, -0.2) is 14.6 Å². The van der Waals surface area contributed by atoms with Gasteiger partial charge in [-0.2, -0.15) is 9.32 Å². The fraction of sp³-hybridized carbons (Fsp3) is 0.900. The lowest BCUT2D eigenvalue weighted by Crippen LogP contribution is -2.62. The summed E-state index contributed by atoms with van der Waals surface area (Å²) in [6, 6.07) is 0. The normalized spacial score (nSPS) is 44.6. The SMILES string of the molecule is NC1NCN=C2N([C@@H]3O[C@H](COP(=O)(O)OP(=O)(O)O)[C@@H](O)[C@H]3O)CN3N[C@]213. The number of phosphoric acid groups is 2. The number of aliphatic hydroxyl groups excluding tert-OH is 2. The Morgan fingerprint density at radius 3 is 2.71 bits per heavy atom. The number of amidine groups is 1. The number of hydrazine groups is 1. The molecule has 16 nitrogen and oxygen atoms in total. The van der Waals surface area contributed by atoms with Gasteiger partial charge in [-0.1, -0.05) is 0 Å². The van der Waals surface area contributed by atoms with Crippen LogP contribution in [0.3, 0.4) is 0 Å². The maximum atomic E-state index is 11.5. The van der Waals surface area contributed by atoms with Crippen molar-refractivity contribution in [2.45, 2.75) is 36.4 Å². The first-order valence-electron chi connectivity index (χ1n) is 8.06. The summed E-state index contributed by atoms with van der Waals surface area (Å²) in [5.41, 5.74) is 8.40. The standard InChI is InChI=1S/C10H20N6O10P2/c11-8-10-9(13-2-12-8)15(3-16(10)14-10)7-6(18)5(17)4(25-7)1-24-28(22,23)26-27(19,20)21/h4-8,12,14,17-18H,1-3,11H2,(H,22,23)(H2,19,20,21)/t4-,5-,6-,7-,8?,10-,16?/m1/s1. The predicted molar refractivity (Wildman–Crippen MR) is 87.4 cm³/mol. The second kappa shape index (κ2) is 6.73. The van der Waals surface area contributed by atoms with E-state index in [0.29, 0.717) is 5.84 Å². The van der Waals surface area contributed by atoms with E-state index in [-0.39, 0.29) is 13.3 Å². The van der Waals surface area contributed by atoms with Crippen molar-refractivity contribution < 1.29 is 47.6 Å². The number of hydrogen-bond donors (Lipinski definition) is 8. The molecule has 0 saturated carbocycles. The maximum absolute atomic E-state index is 11.5. The zero-order valence-electron chi connectivity index (χ0n) is 14.1. The highest BCUT2D eigenvalue weighted by molar-refractivity contribution is 7.60. The molecule has 9 N–H and O–H groups in total. The number of hydrogen-bond acceptors (Lipinski definition) is 13. The zero-order chi connectivity index (χ0) is 20.5. The van der Waals surface area contributed by atoms with Gasteiger partial charge in [0.2, 0.25) is 0 Å². The molecule has 0 amide bonds. The van der Waals surface area contributed by atoms with Crippen LogP contribution in [0.4, 0.5) is 0 Å². The highest BCUT2D eigenvalue weighted by Crippen LogP contribution is 2.57. The third-order valence-electron chi connectivity index (χ3n) is 4.83. The van der Waals surface area contributed by atoms with Gasteiger partial charge in [-0.05, 0) is 0 Å². The third-order valence-corrected chi connectivity index (χ3v) is 6.99. The van der Waals surface area contributed by atoms with Crippen molar-refractivity contribution in [1.29, 1.82) is 0 Å². The number of rotatable bonds is 6. The zero-order valence-corrected chi connectivity index (χ0v) is 15.9. The van der Waals surface area contributed by atoms with Gasteiger partial charge in [0.1, 0.15) is 24.1 Å². The van der Waals surface area contributed by atoms with Crippen molar-refractivity contribution in [2.75, 3.05) is 19.9 Å². The van der Waals surface area contributed by atoms with Gasteiger partial charge in [0.05, 0.1) is 26.1 Å². The van der Waals surface area contributed by atoms with Gasteiger partial charge >= 0.3 is 15.6 Å². The minimum Gasteiger partial charge on any atom is -0.387 e. The van der Waals surface area contributed by atoms with Crippen molar-refractivity contribution in [1.82, 2.24) is 20.7 Å². The van der Waals surface area contributed by atoms with Gasteiger partial charge in [0.25, 0.3) is 0 Å². The Bertz CT molecular complexity index is 780. The van der Waals surface area contributed by atoms with Crippen LogP contribution >= 0.6 is 15.6 Å². The molecule has 0 aromatic heterocycles. The van der Waals surface area contributed by atoms with E-state index >= 15 is 0 Å². The van der Waals surface area contributed by atoms with Gasteiger partial charge in [-0.3, -0.25) is 14.8 Å². The first kappa shape index (κ1) is 20.7. The van der Waals surface area contributed by atoms with E-state index in [1.54, 1.807) is 9.91 Å². The molecule has 3 saturated heterocycles. The predicted octanol–water partition coefficient (Wildman–Crippen LogP) is -4.31. The van der Waals surface area contributed by atoms with Crippen LogP contribution in [-0.2, 0) is 22.7 Å². The van der Waals surface area contributed by atoms with Crippen LogP contribution < -0.4 is 16.5 Å². The van der Waals surface area contributed by atoms with Crippen LogP contribution in [0.25, 0.3) is 0 Å². The molecule has 4 aliphatic rings. The first-order chi connectivity index (χ1) is 12.9. The number of nitrogens with two attached hydrogens (primary N) is 1. The Hall–Kier alpha value is -0.550. The highest BCUT2D eigenvalue weighted by atomic mass is 31.3. The summed E-state index contributed by atoms with van der Waals surface area (Å²) in [6.07, 6.45) is -5.71. The number of nitrogens with zero attached hydrogens (tertiary/aromatic N) is 3. The monoisotopic (exact) mass is 446 g/mol. The number of aliphatic imine (C=N–C) groups is 1. The molecule has 3 unspecified atom stereocenters. The smallest absolute Gasteiger partial charge is 0.387 e. The van der Waals surface area contributed by atoms with E-state index in [1.165, 1.54) is 0 Å². The average molecular weight is 446 g/mol. The molecule has 4 heterocycles. The molecule has 4 rings (SSSR count). The summed E-state index contributed by atoms with van der Waals surface area (Å²) in [7, 11) is -10.4. The number of aliphatic hydroxyl groups is 2. The molecule has 0 aliphatic carbocycles. The lowest BCUT2D eigenvalue weighted by atomic mass is 10.1. The fourth-order valence-electron chi connectivity index (χ4n) is 3.54. The molecule has 3 fully saturated rings. The minimum absolute atomic E-state index is 0.246. The Morgan fingerprint density at radius 2 is 2.04 bits per heavy atom. The van der Waals surface area contributed by atoms with Crippen LogP contribution in [0, 0.1) is 0 Å². The third kappa shape index (κ3) is 3.45. The number of ether oxygens (including phenoxy) is 1. The van der Waals surface area contributed by atoms with Gasteiger partial charge in [0.15, 0.2) is 11.9 Å². The van der Waals surface area contributed by atoms with Crippen molar-refractivity contribution in [3.63, 3.8) is 0 Å². The molecule has 160 valence electrons. The van der Waals surface area contributed by atoms with E-state index in [4.69, 9.17) is 20.3 Å². The molecular weight excluding hydrogens is 426 g/mol. The number of phosphoric ester groups is 1. The van der Waals surface area contributed by atoms with E-state index in [0.717, 1.165) is 0 Å². The summed E-state index contributed by atoms with van der Waals surface area (Å²) in [4.78, 5) is 32.4. The van der Waals surface area contributed by atoms with Crippen LogP contribution in [0.5, 0.6) is 0 Å².